The van der Waals surface area contributed by atoms with Gasteiger partial charge in [-0.15, -0.1) is 11.3 Å². The topological polar surface area (TPSA) is 59.3 Å². The number of hydrogen-bond acceptors (Lipinski definition) is 4. The van der Waals surface area contributed by atoms with E-state index in [0.29, 0.717) is 16.0 Å². The number of carbonyl (C=O) groups excluding carboxylic acids is 2. The second-order valence-corrected chi connectivity index (χ2v) is 7.02. The Kier molecular flexibility index (Phi) is 4.24. The van der Waals surface area contributed by atoms with Gasteiger partial charge >= 0.3 is 0 Å². The molecule has 0 fully saturated rings. The SMILES string of the molecule is O=C(NC1CCCc2occc21)c1ccccc1C(=O)c1cccs1. The maximum atomic E-state index is 12.8. The van der Waals surface area contributed by atoms with Crippen LogP contribution in [0.1, 0.15) is 55.8 Å². The Hall–Kier alpha value is -2.66. The Labute approximate surface area is 149 Å². The van der Waals surface area contributed by atoms with E-state index in [1.54, 1.807) is 36.6 Å². The van der Waals surface area contributed by atoms with Crippen LogP contribution in [0, 0.1) is 0 Å². The molecular weight excluding hydrogens is 334 g/mol. The second kappa shape index (κ2) is 6.69. The minimum Gasteiger partial charge on any atom is -0.469 e. The summed E-state index contributed by atoms with van der Waals surface area (Å²) in [5, 5.41) is 4.93. The number of hydrogen-bond donors (Lipinski definition) is 1. The normalized spacial score (nSPS) is 16.2. The van der Waals surface area contributed by atoms with Crippen LogP contribution in [0.5, 0.6) is 0 Å². The molecule has 4 rings (SSSR count). The van der Waals surface area contributed by atoms with Gasteiger partial charge < -0.3 is 9.73 Å². The summed E-state index contributed by atoms with van der Waals surface area (Å²) >= 11 is 1.38. The Balaban J connectivity index is 1.61. The number of nitrogens with one attached hydrogen (secondary N) is 1. The van der Waals surface area contributed by atoms with Crippen LogP contribution in [-0.4, -0.2) is 11.7 Å². The predicted molar refractivity (Wildman–Crippen MR) is 96.0 cm³/mol. The number of amides is 1. The van der Waals surface area contributed by atoms with E-state index < -0.39 is 0 Å². The van der Waals surface area contributed by atoms with Crippen molar-refractivity contribution in [2.24, 2.45) is 0 Å². The quantitative estimate of drug-likeness (QED) is 0.710. The molecule has 1 atom stereocenters. The third kappa shape index (κ3) is 3.03. The van der Waals surface area contributed by atoms with Crippen molar-refractivity contribution in [3.63, 3.8) is 0 Å². The zero-order valence-corrected chi connectivity index (χ0v) is 14.3. The van der Waals surface area contributed by atoms with Gasteiger partial charge in [0.05, 0.1) is 22.7 Å². The summed E-state index contributed by atoms with van der Waals surface area (Å²) < 4.78 is 5.48. The maximum absolute atomic E-state index is 12.8. The summed E-state index contributed by atoms with van der Waals surface area (Å²) in [5.41, 5.74) is 1.89. The van der Waals surface area contributed by atoms with Crippen molar-refractivity contribution >= 4 is 23.0 Å². The van der Waals surface area contributed by atoms with E-state index in [-0.39, 0.29) is 17.7 Å². The van der Waals surface area contributed by atoms with E-state index in [4.69, 9.17) is 4.42 Å². The summed E-state index contributed by atoms with van der Waals surface area (Å²) in [4.78, 5) is 26.2. The average Bonchev–Trinajstić information content (AvgIpc) is 3.33. The first kappa shape index (κ1) is 15.8. The van der Waals surface area contributed by atoms with Crippen LogP contribution in [0.3, 0.4) is 0 Å². The molecule has 0 spiro atoms. The minimum atomic E-state index is -0.223. The van der Waals surface area contributed by atoms with Gasteiger partial charge in [0.15, 0.2) is 0 Å². The first-order valence-electron chi connectivity index (χ1n) is 8.28. The zero-order valence-electron chi connectivity index (χ0n) is 13.5. The molecule has 1 aromatic carbocycles. The molecule has 126 valence electrons. The smallest absolute Gasteiger partial charge is 0.252 e. The molecule has 1 aliphatic carbocycles. The Morgan fingerprint density at radius 1 is 1.08 bits per heavy atom. The first-order valence-corrected chi connectivity index (χ1v) is 9.16. The lowest BCUT2D eigenvalue weighted by molar-refractivity contribution is 0.0923. The van der Waals surface area contributed by atoms with E-state index in [0.717, 1.165) is 30.6 Å². The number of aryl methyl sites for hydroxylation is 1. The molecule has 5 heteroatoms. The van der Waals surface area contributed by atoms with Crippen molar-refractivity contribution in [2.75, 3.05) is 0 Å². The molecule has 0 bridgehead atoms. The van der Waals surface area contributed by atoms with Gasteiger partial charge in [-0.3, -0.25) is 9.59 Å². The third-order valence-corrected chi connectivity index (χ3v) is 5.39. The summed E-state index contributed by atoms with van der Waals surface area (Å²) in [6, 6.07) is 12.4. The Morgan fingerprint density at radius 2 is 1.92 bits per heavy atom. The van der Waals surface area contributed by atoms with E-state index in [1.807, 2.05) is 17.5 Å². The standard InChI is InChI=1S/C20H17NO3S/c22-19(18-9-4-12-25-18)13-5-1-2-6-14(13)20(23)21-16-7-3-8-17-15(16)10-11-24-17/h1-2,4-6,9-12,16H,3,7-8H2,(H,21,23). The molecule has 3 aromatic rings. The molecule has 0 aliphatic heterocycles. The molecule has 2 aromatic heterocycles. The van der Waals surface area contributed by atoms with Crippen molar-refractivity contribution in [1.82, 2.24) is 5.32 Å². The highest BCUT2D eigenvalue weighted by Crippen LogP contribution is 2.31. The van der Waals surface area contributed by atoms with Gasteiger partial charge in [0.25, 0.3) is 5.91 Å². The molecular formula is C20H17NO3S. The largest absolute Gasteiger partial charge is 0.469 e. The van der Waals surface area contributed by atoms with Crippen molar-refractivity contribution in [1.29, 1.82) is 0 Å². The molecule has 1 unspecified atom stereocenters. The van der Waals surface area contributed by atoms with Gasteiger partial charge in [0, 0.05) is 17.5 Å². The molecule has 25 heavy (non-hydrogen) atoms. The highest BCUT2D eigenvalue weighted by Gasteiger charge is 2.26. The number of carbonyl (C=O) groups is 2. The van der Waals surface area contributed by atoms with Crippen LogP contribution in [0.4, 0.5) is 0 Å². The molecule has 1 N–H and O–H groups in total. The number of benzene rings is 1. The summed E-state index contributed by atoms with van der Waals surface area (Å²) in [5.74, 6) is 0.604. The third-order valence-electron chi connectivity index (χ3n) is 4.52. The molecule has 0 saturated heterocycles. The van der Waals surface area contributed by atoms with Crippen LogP contribution in [-0.2, 0) is 6.42 Å². The van der Waals surface area contributed by atoms with Crippen LogP contribution in [0.15, 0.2) is 58.5 Å². The van der Waals surface area contributed by atoms with E-state index in [2.05, 4.69) is 5.32 Å². The highest BCUT2D eigenvalue weighted by atomic mass is 32.1. The summed E-state index contributed by atoms with van der Waals surface area (Å²) in [6.07, 6.45) is 4.42. The fourth-order valence-electron chi connectivity index (χ4n) is 3.29. The zero-order chi connectivity index (χ0) is 17.2. The lowest BCUT2D eigenvalue weighted by Crippen LogP contribution is -2.31. The van der Waals surface area contributed by atoms with Gasteiger partial charge in [-0.25, -0.2) is 0 Å². The van der Waals surface area contributed by atoms with Crippen LogP contribution >= 0.6 is 11.3 Å². The Bertz CT molecular complexity index is 911. The molecule has 0 radical (unpaired) electrons. The highest BCUT2D eigenvalue weighted by molar-refractivity contribution is 7.12. The van der Waals surface area contributed by atoms with Crippen LogP contribution < -0.4 is 5.32 Å². The van der Waals surface area contributed by atoms with E-state index >= 15 is 0 Å². The van der Waals surface area contributed by atoms with Crippen molar-refractivity contribution in [3.8, 4) is 0 Å². The van der Waals surface area contributed by atoms with Crippen molar-refractivity contribution < 1.29 is 14.0 Å². The maximum Gasteiger partial charge on any atom is 0.252 e. The van der Waals surface area contributed by atoms with Crippen molar-refractivity contribution in [2.45, 2.75) is 25.3 Å². The molecule has 2 heterocycles. The summed E-state index contributed by atoms with van der Waals surface area (Å²) in [7, 11) is 0. The first-order chi connectivity index (χ1) is 12.2. The van der Waals surface area contributed by atoms with Crippen molar-refractivity contribution in [3.05, 3.63) is 81.4 Å². The predicted octanol–water partition coefficient (Wildman–Crippen LogP) is 4.38. The Morgan fingerprint density at radius 3 is 2.72 bits per heavy atom. The molecule has 1 aliphatic rings. The monoisotopic (exact) mass is 351 g/mol. The van der Waals surface area contributed by atoms with Gasteiger partial charge in [-0.2, -0.15) is 0 Å². The van der Waals surface area contributed by atoms with Gasteiger partial charge in [-0.05, 0) is 36.4 Å². The lowest BCUT2D eigenvalue weighted by atomic mass is 9.93. The molecule has 1 amide bonds. The lowest BCUT2D eigenvalue weighted by Gasteiger charge is -2.23. The van der Waals surface area contributed by atoms with Gasteiger partial charge in [0.2, 0.25) is 5.78 Å². The number of fused-ring (bicyclic) bond motifs is 1. The van der Waals surface area contributed by atoms with E-state index in [9.17, 15) is 9.59 Å². The average molecular weight is 351 g/mol. The van der Waals surface area contributed by atoms with E-state index in [1.165, 1.54) is 11.3 Å². The van der Waals surface area contributed by atoms with Gasteiger partial charge in [-0.1, -0.05) is 24.3 Å². The number of ketones is 1. The minimum absolute atomic E-state index is 0.0695. The number of rotatable bonds is 4. The molecule has 0 saturated carbocycles. The summed E-state index contributed by atoms with van der Waals surface area (Å²) in [6.45, 7) is 0. The second-order valence-electron chi connectivity index (χ2n) is 6.07. The van der Waals surface area contributed by atoms with Crippen LogP contribution in [0.25, 0.3) is 0 Å². The number of thiophene rings is 1. The molecule has 4 nitrogen and oxygen atoms in total. The fraction of sp³-hybridized carbons (Fsp3) is 0.200. The van der Waals surface area contributed by atoms with Gasteiger partial charge in [0.1, 0.15) is 5.76 Å². The van der Waals surface area contributed by atoms with Crippen LogP contribution in [0.2, 0.25) is 0 Å². The fourth-order valence-corrected chi connectivity index (χ4v) is 3.97. The number of furan rings is 1.